The Balaban J connectivity index is 0.00000210. The smallest absolute Gasteiger partial charge is 0.302 e. The summed E-state index contributed by atoms with van der Waals surface area (Å²) in [5, 5.41) is 0. The van der Waals surface area contributed by atoms with E-state index in [0.717, 1.165) is 17.8 Å². The van der Waals surface area contributed by atoms with Crippen molar-refractivity contribution >= 4 is 21.6 Å². The highest BCUT2D eigenvalue weighted by atomic mass is 127. The van der Waals surface area contributed by atoms with Crippen molar-refractivity contribution < 1.29 is 41.8 Å². The van der Waals surface area contributed by atoms with Gasteiger partial charge in [-0.05, 0) is 36.3 Å². The number of rotatable bonds is 4. The van der Waals surface area contributed by atoms with E-state index < -0.39 is 15.4 Å². The van der Waals surface area contributed by atoms with Crippen LogP contribution in [0.3, 0.4) is 0 Å². The van der Waals surface area contributed by atoms with E-state index in [2.05, 4.69) is 13.8 Å². The van der Waals surface area contributed by atoms with Gasteiger partial charge in [0.2, 0.25) is 0 Å². The Hall–Kier alpha value is -0.960. The molecule has 1 aromatic carbocycles. The van der Waals surface area contributed by atoms with Gasteiger partial charge in [0.15, 0.2) is 0 Å². The van der Waals surface area contributed by atoms with Gasteiger partial charge in [0.05, 0.1) is 18.0 Å². The molecule has 2 bridgehead atoms. The third-order valence-corrected chi connectivity index (χ3v) is 9.06. The number of benzene rings is 1. The fraction of sp³-hybridized carbons (Fsp3) is 0.600. The van der Waals surface area contributed by atoms with E-state index in [0.29, 0.717) is 31.8 Å². The van der Waals surface area contributed by atoms with Crippen LogP contribution >= 0.6 is 0 Å². The van der Waals surface area contributed by atoms with Crippen molar-refractivity contribution in [3.63, 3.8) is 0 Å². The first kappa shape index (κ1) is 20.8. The van der Waals surface area contributed by atoms with E-state index in [4.69, 9.17) is 0 Å². The number of nitrogens with zero attached hydrogens (tertiary/aromatic N) is 2. The number of likely N-dealkylation sites (N-methyl/N-ethyl adjacent to an activating group) is 1. The lowest BCUT2D eigenvalue weighted by atomic mass is 9.70. The Morgan fingerprint density at radius 1 is 1.22 bits per heavy atom. The molecule has 0 N–H and O–H groups in total. The lowest BCUT2D eigenvalue weighted by Gasteiger charge is -2.36. The van der Waals surface area contributed by atoms with Crippen molar-refractivity contribution in [1.82, 2.24) is 4.31 Å². The maximum atomic E-state index is 13.5. The maximum absolute atomic E-state index is 13.5. The molecule has 27 heavy (non-hydrogen) atoms. The number of hydrogen-bond acceptors (Lipinski definition) is 3. The van der Waals surface area contributed by atoms with Crippen LogP contribution in [0.15, 0.2) is 30.3 Å². The van der Waals surface area contributed by atoms with Crippen LogP contribution in [-0.2, 0) is 14.8 Å². The van der Waals surface area contributed by atoms with Gasteiger partial charge in [0.1, 0.15) is 24.6 Å². The number of halogens is 1. The SMILES string of the molecule is C[N+]1=C(c2ccccc2)N(S(=O)(=O)C[C@]23CC[C@H](CC2=O)C3(C)C)CC1.[I-]. The van der Waals surface area contributed by atoms with Crippen molar-refractivity contribution in [2.24, 2.45) is 16.7 Å². The number of carbonyl (C=O) groups is 1. The van der Waals surface area contributed by atoms with E-state index >= 15 is 0 Å². The summed E-state index contributed by atoms with van der Waals surface area (Å²) in [6.45, 7) is 5.28. The second kappa shape index (κ2) is 6.83. The summed E-state index contributed by atoms with van der Waals surface area (Å²) in [4.78, 5) is 12.8. The van der Waals surface area contributed by atoms with Crippen LogP contribution in [0.1, 0.15) is 38.7 Å². The molecule has 4 rings (SSSR count). The minimum atomic E-state index is -3.59. The summed E-state index contributed by atoms with van der Waals surface area (Å²) >= 11 is 0. The van der Waals surface area contributed by atoms with Gasteiger partial charge in [-0.1, -0.05) is 32.0 Å². The molecule has 2 saturated carbocycles. The van der Waals surface area contributed by atoms with Gasteiger partial charge in [-0.15, -0.1) is 4.31 Å². The number of carbonyl (C=O) groups excluding carboxylic acids is 1. The highest BCUT2D eigenvalue weighted by Crippen LogP contribution is 2.64. The molecule has 2 fully saturated rings. The minimum absolute atomic E-state index is 0. The number of ketones is 1. The fourth-order valence-corrected chi connectivity index (χ4v) is 7.69. The molecule has 0 unspecified atom stereocenters. The largest absolute Gasteiger partial charge is 1.00 e. The second-order valence-corrected chi connectivity index (χ2v) is 10.5. The Bertz CT molecular complexity index is 895. The fourth-order valence-electron chi connectivity index (χ4n) is 5.36. The first-order valence-corrected chi connectivity index (χ1v) is 11.0. The molecule has 148 valence electrons. The molecule has 1 aliphatic heterocycles. The van der Waals surface area contributed by atoms with Crippen molar-refractivity contribution in [3.05, 3.63) is 35.9 Å². The van der Waals surface area contributed by atoms with Crippen LogP contribution in [0.2, 0.25) is 0 Å². The monoisotopic (exact) mass is 502 g/mol. The van der Waals surface area contributed by atoms with Gasteiger partial charge in [-0.2, -0.15) is 8.42 Å². The normalized spacial score (nSPS) is 29.4. The first-order chi connectivity index (χ1) is 12.2. The predicted octanol–water partition coefficient (Wildman–Crippen LogP) is -0.880. The zero-order valence-electron chi connectivity index (χ0n) is 16.1. The van der Waals surface area contributed by atoms with Crippen LogP contribution < -0.4 is 24.0 Å². The van der Waals surface area contributed by atoms with Crippen molar-refractivity contribution in [2.75, 3.05) is 25.9 Å². The van der Waals surface area contributed by atoms with Gasteiger partial charge < -0.3 is 24.0 Å². The standard InChI is InChI=1S/C20H27N2O3S.HI/c1-19(2)16-9-10-20(19,17(23)13-16)14-26(24,25)22-12-11-21(3)18(22)15-7-5-4-6-8-15;/h4-8,16H,9-14H2,1-3H3;1H/q+1;/p-1/t16-,20-;/m1./s1. The molecule has 0 saturated heterocycles. The Kier molecular flexibility index (Phi) is 5.25. The molecule has 3 aliphatic rings. The molecule has 2 aliphatic carbocycles. The number of fused-ring (bicyclic) bond motifs is 2. The van der Waals surface area contributed by atoms with Crippen LogP contribution in [0.4, 0.5) is 0 Å². The van der Waals surface area contributed by atoms with Gasteiger partial charge in [0, 0.05) is 6.42 Å². The van der Waals surface area contributed by atoms with Gasteiger partial charge in [-0.25, -0.2) is 0 Å². The van der Waals surface area contributed by atoms with Crippen molar-refractivity contribution in [2.45, 2.75) is 33.1 Å². The van der Waals surface area contributed by atoms with E-state index in [1.165, 1.54) is 4.31 Å². The van der Waals surface area contributed by atoms with Crippen molar-refractivity contribution in [3.8, 4) is 0 Å². The van der Waals surface area contributed by atoms with Crippen LogP contribution in [0.5, 0.6) is 0 Å². The van der Waals surface area contributed by atoms with Gasteiger partial charge in [0.25, 0.3) is 5.84 Å². The Morgan fingerprint density at radius 3 is 2.44 bits per heavy atom. The van der Waals surface area contributed by atoms with Crippen LogP contribution in [0.25, 0.3) is 0 Å². The summed E-state index contributed by atoms with van der Waals surface area (Å²) in [5.74, 6) is 1.13. The number of sulfonamides is 1. The zero-order chi connectivity index (χ0) is 18.7. The number of amidine groups is 1. The molecular weight excluding hydrogens is 475 g/mol. The van der Waals surface area contributed by atoms with Gasteiger partial charge in [-0.3, -0.25) is 9.37 Å². The topological polar surface area (TPSA) is 57.5 Å². The molecule has 1 aromatic rings. The highest BCUT2D eigenvalue weighted by Gasteiger charge is 2.66. The van der Waals surface area contributed by atoms with E-state index in [1.807, 2.05) is 42.0 Å². The second-order valence-electron chi connectivity index (χ2n) is 8.61. The van der Waals surface area contributed by atoms with Crippen LogP contribution in [-0.4, -0.2) is 54.8 Å². The van der Waals surface area contributed by atoms with E-state index in [-0.39, 0.29) is 40.9 Å². The van der Waals surface area contributed by atoms with E-state index in [1.54, 1.807) is 0 Å². The molecule has 0 aromatic heterocycles. The summed E-state index contributed by atoms with van der Waals surface area (Å²) < 4.78 is 30.4. The van der Waals surface area contributed by atoms with Crippen molar-refractivity contribution in [1.29, 1.82) is 0 Å². The lowest BCUT2D eigenvalue weighted by molar-refractivity contribution is -0.486. The molecule has 0 spiro atoms. The summed E-state index contributed by atoms with van der Waals surface area (Å²) in [6, 6.07) is 9.64. The molecule has 0 radical (unpaired) electrons. The minimum Gasteiger partial charge on any atom is -1.00 e. The quantitative estimate of drug-likeness (QED) is 0.397. The Labute approximate surface area is 178 Å². The third kappa shape index (κ3) is 2.96. The molecular formula is C20H27IN2O3S. The molecule has 7 heteroatoms. The summed E-state index contributed by atoms with van der Waals surface area (Å²) in [5.41, 5.74) is -0.0651. The average molecular weight is 502 g/mol. The number of hydrogen-bond donors (Lipinski definition) is 0. The van der Waals surface area contributed by atoms with Gasteiger partial charge >= 0.3 is 10.0 Å². The van der Waals surface area contributed by atoms with Crippen LogP contribution in [0, 0.1) is 16.7 Å². The molecule has 1 heterocycles. The zero-order valence-corrected chi connectivity index (χ0v) is 19.1. The maximum Gasteiger partial charge on any atom is 0.302 e. The summed E-state index contributed by atoms with van der Waals surface area (Å²) in [7, 11) is -1.66. The first-order valence-electron chi connectivity index (χ1n) is 9.36. The lowest BCUT2D eigenvalue weighted by Crippen LogP contribution is -3.00. The summed E-state index contributed by atoms with van der Waals surface area (Å²) in [6.07, 6.45) is 2.20. The molecule has 2 atom stereocenters. The predicted molar refractivity (Wildman–Crippen MR) is 101 cm³/mol. The van der Waals surface area contributed by atoms with E-state index in [9.17, 15) is 13.2 Å². The molecule has 0 amide bonds. The average Bonchev–Trinajstić information content (AvgIpc) is 3.14. The number of Topliss-reactive ketones (excluding diaryl/α,β-unsaturated/α-hetero) is 1. The third-order valence-electron chi connectivity index (χ3n) is 7.17. The molecule has 5 nitrogen and oxygen atoms in total. The highest BCUT2D eigenvalue weighted by molar-refractivity contribution is 7.89. The Morgan fingerprint density at radius 2 is 1.89 bits per heavy atom.